The Morgan fingerprint density at radius 1 is 1.41 bits per heavy atom. The van der Waals surface area contributed by atoms with Gasteiger partial charge >= 0.3 is 0 Å². The van der Waals surface area contributed by atoms with Gasteiger partial charge in [-0.05, 0) is 24.5 Å². The minimum Gasteiger partial charge on any atom is -0.329 e. The Balaban J connectivity index is 1.78. The number of para-hydroxylation sites is 2. The first-order valence-corrected chi connectivity index (χ1v) is 6.23. The second kappa shape index (κ2) is 4.47. The molecule has 4 nitrogen and oxygen atoms in total. The summed E-state index contributed by atoms with van der Waals surface area (Å²) in [6.45, 7) is 0.896. The number of aromatic nitrogens is 2. The van der Waals surface area contributed by atoms with Gasteiger partial charge in [0.05, 0.1) is 17.4 Å². The number of benzene rings is 1. The summed E-state index contributed by atoms with van der Waals surface area (Å²) in [5.41, 5.74) is 5.16. The molecule has 0 amide bonds. The number of imidazole rings is 1. The van der Waals surface area contributed by atoms with Crippen LogP contribution in [-0.4, -0.2) is 15.6 Å². The number of hydrogen-bond acceptors (Lipinski definition) is 3. The molecule has 1 aromatic carbocycles. The van der Waals surface area contributed by atoms with Gasteiger partial charge in [0.25, 0.3) is 0 Å². The van der Waals surface area contributed by atoms with E-state index in [2.05, 4.69) is 21.0 Å². The molecule has 1 aliphatic rings. The van der Waals surface area contributed by atoms with Crippen molar-refractivity contribution >= 4 is 11.0 Å². The molecular weight excluding hydrogens is 212 g/mol. The predicted octanol–water partition coefficient (Wildman–Crippen LogP) is 1.67. The first-order valence-electron chi connectivity index (χ1n) is 6.23. The van der Waals surface area contributed by atoms with Crippen LogP contribution in [-0.2, 0) is 6.54 Å². The Bertz CT molecular complexity index is 501. The molecule has 4 heteroatoms. The van der Waals surface area contributed by atoms with E-state index in [-0.39, 0.29) is 0 Å². The molecule has 1 unspecified atom stereocenters. The molecule has 1 aromatic heterocycles. The first-order chi connectivity index (χ1) is 8.36. The number of fused-ring (bicyclic) bond motifs is 1. The van der Waals surface area contributed by atoms with E-state index in [4.69, 9.17) is 5.84 Å². The Kier molecular flexibility index (Phi) is 2.82. The molecule has 0 aliphatic heterocycles. The molecule has 2 aromatic rings. The van der Waals surface area contributed by atoms with Crippen molar-refractivity contribution in [3.63, 3.8) is 0 Å². The van der Waals surface area contributed by atoms with Gasteiger partial charge in [0.2, 0.25) is 0 Å². The summed E-state index contributed by atoms with van der Waals surface area (Å²) in [5, 5.41) is 0. The van der Waals surface area contributed by atoms with E-state index < -0.39 is 0 Å². The van der Waals surface area contributed by atoms with Crippen molar-refractivity contribution < 1.29 is 0 Å². The van der Waals surface area contributed by atoms with Crippen molar-refractivity contribution in [2.75, 3.05) is 0 Å². The van der Waals surface area contributed by atoms with Crippen LogP contribution in [0.4, 0.5) is 0 Å². The van der Waals surface area contributed by atoms with Gasteiger partial charge < -0.3 is 4.57 Å². The van der Waals surface area contributed by atoms with E-state index in [1.54, 1.807) is 0 Å². The Labute approximate surface area is 101 Å². The van der Waals surface area contributed by atoms with Crippen LogP contribution in [0, 0.1) is 5.92 Å². The number of nitrogens with one attached hydrogen (secondary N) is 1. The van der Waals surface area contributed by atoms with E-state index in [1.165, 1.54) is 24.8 Å². The number of nitrogens with two attached hydrogens (primary N) is 1. The molecular formula is C13H18N4. The molecule has 0 spiro atoms. The molecule has 1 aliphatic carbocycles. The Hall–Kier alpha value is -1.39. The number of rotatable bonds is 5. The maximum Gasteiger partial charge on any atom is 0.0958 e. The van der Waals surface area contributed by atoms with Crippen molar-refractivity contribution in [1.29, 1.82) is 0 Å². The topological polar surface area (TPSA) is 55.9 Å². The summed E-state index contributed by atoms with van der Waals surface area (Å²) >= 11 is 0. The van der Waals surface area contributed by atoms with Gasteiger partial charge in [-0.2, -0.15) is 0 Å². The lowest BCUT2D eigenvalue weighted by molar-refractivity contribution is 0.418. The molecule has 0 saturated heterocycles. The van der Waals surface area contributed by atoms with E-state index in [0.717, 1.165) is 18.0 Å². The normalized spacial score (nSPS) is 17.5. The zero-order chi connectivity index (χ0) is 11.7. The largest absolute Gasteiger partial charge is 0.329 e. The smallest absolute Gasteiger partial charge is 0.0958 e. The third-order valence-electron chi connectivity index (χ3n) is 3.49. The van der Waals surface area contributed by atoms with Crippen LogP contribution < -0.4 is 11.3 Å². The molecule has 1 atom stereocenters. The summed E-state index contributed by atoms with van der Waals surface area (Å²) < 4.78 is 2.18. The summed E-state index contributed by atoms with van der Waals surface area (Å²) in [6, 6.07) is 8.56. The van der Waals surface area contributed by atoms with Crippen LogP contribution in [0.25, 0.3) is 11.0 Å². The second-order valence-corrected chi connectivity index (χ2v) is 4.93. The molecule has 1 fully saturated rings. The van der Waals surface area contributed by atoms with Gasteiger partial charge in [0.1, 0.15) is 0 Å². The van der Waals surface area contributed by atoms with Crippen LogP contribution in [0.5, 0.6) is 0 Å². The maximum atomic E-state index is 5.63. The predicted molar refractivity (Wildman–Crippen MR) is 68.2 cm³/mol. The minimum atomic E-state index is 0.347. The van der Waals surface area contributed by atoms with Crippen molar-refractivity contribution in [3.05, 3.63) is 30.6 Å². The zero-order valence-electron chi connectivity index (χ0n) is 9.84. The van der Waals surface area contributed by atoms with Crippen LogP contribution in [0.2, 0.25) is 0 Å². The highest BCUT2D eigenvalue weighted by Gasteiger charge is 2.25. The van der Waals surface area contributed by atoms with Crippen LogP contribution >= 0.6 is 0 Å². The van der Waals surface area contributed by atoms with Gasteiger partial charge in [-0.25, -0.2) is 4.98 Å². The number of nitrogens with zero attached hydrogens (tertiary/aromatic N) is 2. The Morgan fingerprint density at radius 3 is 3.00 bits per heavy atom. The molecule has 1 saturated carbocycles. The second-order valence-electron chi connectivity index (χ2n) is 4.93. The monoisotopic (exact) mass is 230 g/mol. The molecule has 3 rings (SSSR count). The lowest BCUT2D eigenvalue weighted by Crippen LogP contribution is -2.38. The quantitative estimate of drug-likeness (QED) is 0.607. The van der Waals surface area contributed by atoms with Crippen molar-refractivity contribution in [3.8, 4) is 0 Å². The van der Waals surface area contributed by atoms with Crippen LogP contribution in [0.15, 0.2) is 30.6 Å². The zero-order valence-corrected chi connectivity index (χ0v) is 9.84. The van der Waals surface area contributed by atoms with Crippen LogP contribution in [0.3, 0.4) is 0 Å². The highest BCUT2D eigenvalue weighted by atomic mass is 15.2. The van der Waals surface area contributed by atoms with Gasteiger partial charge in [0.15, 0.2) is 0 Å². The fourth-order valence-corrected chi connectivity index (χ4v) is 2.34. The van der Waals surface area contributed by atoms with Crippen molar-refractivity contribution in [1.82, 2.24) is 15.0 Å². The molecule has 0 radical (unpaired) electrons. The maximum absolute atomic E-state index is 5.63. The fourth-order valence-electron chi connectivity index (χ4n) is 2.34. The average molecular weight is 230 g/mol. The van der Waals surface area contributed by atoms with E-state index >= 15 is 0 Å². The molecule has 1 heterocycles. The van der Waals surface area contributed by atoms with E-state index in [0.29, 0.717) is 6.04 Å². The minimum absolute atomic E-state index is 0.347. The molecule has 90 valence electrons. The van der Waals surface area contributed by atoms with Crippen LogP contribution in [0.1, 0.15) is 19.3 Å². The molecule has 0 bridgehead atoms. The summed E-state index contributed by atoms with van der Waals surface area (Å²) in [6.07, 6.45) is 5.80. The third kappa shape index (κ3) is 2.33. The highest BCUT2D eigenvalue weighted by molar-refractivity contribution is 5.74. The van der Waals surface area contributed by atoms with Gasteiger partial charge in [-0.3, -0.25) is 11.3 Å². The third-order valence-corrected chi connectivity index (χ3v) is 3.49. The average Bonchev–Trinajstić information content (AvgIpc) is 3.09. The fraction of sp³-hybridized carbons (Fsp3) is 0.462. The van der Waals surface area contributed by atoms with Gasteiger partial charge in [0, 0.05) is 12.6 Å². The number of hydrazine groups is 1. The Morgan fingerprint density at radius 2 is 2.24 bits per heavy atom. The van der Waals surface area contributed by atoms with E-state index in [1.807, 2.05) is 24.5 Å². The van der Waals surface area contributed by atoms with Gasteiger partial charge in [-0.15, -0.1) is 0 Å². The summed E-state index contributed by atoms with van der Waals surface area (Å²) in [5.74, 6) is 6.51. The van der Waals surface area contributed by atoms with Crippen molar-refractivity contribution in [2.45, 2.75) is 31.8 Å². The first kappa shape index (κ1) is 10.7. The molecule has 3 N–H and O–H groups in total. The lowest BCUT2D eigenvalue weighted by Gasteiger charge is -2.16. The lowest BCUT2D eigenvalue weighted by atomic mass is 10.1. The van der Waals surface area contributed by atoms with E-state index in [9.17, 15) is 0 Å². The summed E-state index contributed by atoms with van der Waals surface area (Å²) in [7, 11) is 0. The standard InChI is InChI=1S/C13H18N4/c14-16-11(7-10-5-6-10)8-17-9-15-12-3-1-2-4-13(12)17/h1-4,9-11,16H,5-8,14H2. The molecule has 17 heavy (non-hydrogen) atoms. The SMILES string of the molecule is NNC(CC1CC1)Cn1cnc2ccccc21. The highest BCUT2D eigenvalue weighted by Crippen LogP contribution is 2.33. The summed E-state index contributed by atoms with van der Waals surface area (Å²) in [4.78, 5) is 4.40. The number of hydrogen-bond donors (Lipinski definition) is 2. The van der Waals surface area contributed by atoms with Gasteiger partial charge in [-0.1, -0.05) is 25.0 Å². The van der Waals surface area contributed by atoms with Crippen molar-refractivity contribution in [2.24, 2.45) is 11.8 Å².